The van der Waals surface area contributed by atoms with Crippen molar-refractivity contribution in [2.24, 2.45) is 5.10 Å². The maximum absolute atomic E-state index is 12.9. The molecule has 1 aliphatic rings. The molecule has 0 fully saturated rings. The van der Waals surface area contributed by atoms with Gasteiger partial charge in [-0.25, -0.2) is 18.1 Å². The zero-order valence-electron chi connectivity index (χ0n) is 19.9. The van der Waals surface area contributed by atoms with Gasteiger partial charge in [-0.3, -0.25) is 9.59 Å². The molecule has 1 atom stereocenters. The van der Waals surface area contributed by atoms with Crippen molar-refractivity contribution in [1.82, 2.24) is 9.73 Å². The van der Waals surface area contributed by atoms with Crippen LogP contribution in [0.15, 0.2) is 87.9 Å². The van der Waals surface area contributed by atoms with Crippen molar-refractivity contribution in [2.75, 3.05) is 20.3 Å². The van der Waals surface area contributed by atoms with E-state index in [1.807, 2.05) is 18.2 Å². The summed E-state index contributed by atoms with van der Waals surface area (Å²) in [6.45, 7) is -1.24. The molecular weight excluding hydrogens is 498 g/mol. The Bertz CT molecular complexity index is 1380. The Labute approximate surface area is 214 Å². The monoisotopic (exact) mass is 523 g/mol. The third kappa shape index (κ3) is 6.93. The van der Waals surface area contributed by atoms with E-state index < -0.39 is 41.1 Å². The number of ether oxygens (including phenoxy) is 2. The lowest BCUT2D eigenvalue weighted by Gasteiger charge is -2.19. The number of carbonyl (C=O) groups is 2. The van der Waals surface area contributed by atoms with Gasteiger partial charge in [-0.1, -0.05) is 30.3 Å². The fraction of sp³-hybridized carbons (Fsp3) is 0.192. The van der Waals surface area contributed by atoms with Crippen LogP contribution in [-0.2, 0) is 24.3 Å². The topological polar surface area (TPSA) is 128 Å². The van der Waals surface area contributed by atoms with Gasteiger partial charge in [-0.05, 0) is 53.6 Å². The molecular formula is C26H25N3O7S. The molecule has 192 valence electrons. The van der Waals surface area contributed by atoms with E-state index >= 15 is 0 Å². The maximum atomic E-state index is 12.9. The van der Waals surface area contributed by atoms with Gasteiger partial charge in [0.2, 0.25) is 10.0 Å². The van der Waals surface area contributed by atoms with Crippen molar-refractivity contribution in [3.8, 4) is 5.75 Å². The van der Waals surface area contributed by atoms with Gasteiger partial charge in [-0.15, -0.1) is 0 Å². The highest BCUT2D eigenvalue weighted by atomic mass is 32.2. The number of furan rings is 1. The molecule has 0 spiro atoms. The van der Waals surface area contributed by atoms with Gasteiger partial charge in [0.15, 0.2) is 6.61 Å². The number of nitrogens with one attached hydrogen (secondary N) is 1. The van der Waals surface area contributed by atoms with Crippen LogP contribution in [0.1, 0.15) is 29.3 Å². The predicted molar refractivity (Wildman–Crippen MR) is 136 cm³/mol. The van der Waals surface area contributed by atoms with Crippen molar-refractivity contribution >= 4 is 33.7 Å². The molecule has 0 bridgehead atoms. The highest BCUT2D eigenvalue weighted by molar-refractivity contribution is 7.92. The summed E-state index contributed by atoms with van der Waals surface area (Å²) >= 11 is 0. The van der Waals surface area contributed by atoms with Gasteiger partial charge in [0.05, 0.1) is 19.1 Å². The van der Waals surface area contributed by atoms with Gasteiger partial charge in [-0.2, -0.15) is 5.10 Å². The Morgan fingerprint density at radius 3 is 2.54 bits per heavy atom. The zero-order valence-corrected chi connectivity index (χ0v) is 20.8. The predicted octanol–water partition coefficient (Wildman–Crippen LogP) is 3.10. The molecule has 11 heteroatoms. The van der Waals surface area contributed by atoms with Crippen molar-refractivity contribution < 1.29 is 31.9 Å². The summed E-state index contributed by atoms with van der Waals surface area (Å²) in [4.78, 5) is 25.1. The van der Waals surface area contributed by atoms with Crippen LogP contribution in [0.4, 0.5) is 0 Å². The van der Waals surface area contributed by atoms with E-state index in [2.05, 4.69) is 9.82 Å². The number of amides is 1. The molecule has 4 rings (SSSR count). The molecule has 2 heterocycles. The molecule has 0 aliphatic carbocycles. The normalized spacial score (nSPS) is 15.5. The summed E-state index contributed by atoms with van der Waals surface area (Å²) in [5.74, 6) is -0.260. The minimum Gasteiger partial charge on any atom is -0.497 e. The molecule has 0 saturated heterocycles. The maximum Gasteiger partial charge on any atom is 0.321 e. The number of hydrogen-bond acceptors (Lipinski definition) is 8. The van der Waals surface area contributed by atoms with Crippen LogP contribution in [0.25, 0.3) is 6.08 Å². The molecule has 37 heavy (non-hydrogen) atoms. The lowest BCUT2D eigenvalue weighted by molar-refractivity contribution is -0.152. The number of nitrogens with zero attached hydrogens (tertiary/aromatic N) is 2. The van der Waals surface area contributed by atoms with Crippen LogP contribution in [0.3, 0.4) is 0 Å². The number of benzene rings is 2. The number of carbonyl (C=O) groups excluding carboxylic acids is 2. The van der Waals surface area contributed by atoms with Crippen molar-refractivity contribution in [1.29, 1.82) is 0 Å². The second-order valence-corrected chi connectivity index (χ2v) is 9.64. The average molecular weight is 524 g/mol. The third-order valence-corrected chi connectivity index (χ3v) is 6.52. The number of esters is 1. The van der Waals surface area contributed by atoms with Crippen LogP contribution in [0.2, 0.25) is 0 Å². The first kappa shape index (κ1) is 25.9. The lowest BCUT2D eigenvalue weighted by atomic mass is 10.0. The number of methoxy groups -OCH3 is 1. The van der Waals surface area contributed by atoms with Crippen LogP contribution in [-0.4, -0.2) is 51.3 Å². The Morgan fingerprint density at radius 1 is 1.11 bits per heavy atom. The van der Waals surface area contributed by atoms with Gasteiger partial charge in [0.1, 0.15) is 24.1 Å². The van der Waals surface area contributed by atoms with Gasteiger partial charge in [0.25, 0.3) is 5.91 Å². The second-order valence-electron chi connectivity index (χ2n) is 7.99. The molecule has 2 aromatic carbocycles. The highest BCUT2D eigenvalue weighted by Crippen LogP contribution is 2.33. The quantitative estimate of drug-likeness (QED) is 0.405. The van der Waals surface area contributed by atoms with Crippen molar-refractivity contribution in [3.63, 3.8) is 0 Å². The Balaban J connectivity index is 1.36. The molecule has 1 aromatic heterocycles. The van der Waals surface area contributed by atoms with E-state index in [0.29, 0.717) is 29.2 Å². The van der Waals surface area contributed by atoms with Gasteiger partial charge in [0, 0.05) is 11.8 Å². The fourth-order valence-electron chi connectivity index (χ4n) is 3.60. The molecule has 0 saturated carbocycles. The molecule has 0 radical (unpaired) electrons. The number of hydrogen-bond donors (Lipinski definition) is 1. The van der Waals surface area contributed by atoms with Crippen LogP contribution in [0, 0.1) is 0 Å². The molecule has 10 nitrogen and oxygen atoms in total. The summed E-state index contributed by atoms with van der Waals surface area (Å²) in [5.41, 5.74) is 2.15. The molecule has 3 aromatic rings. The molecule has 1 amide bonds. The minimum atomic E-state index is -3.88. The number of hydrazone groups is 1. The first-order chi connectivity index (χ1) is 17.8. The van der Waals surface area contributed by atoms with Crippen molar-refractivity contribution in [2.45, 2.75) is 12.5 Å². The van der Waals surface area contributed by atoms with E-state index in [1.165, 1.54) is 17.3 Å². The zero-order chi connectivity index (χ0) is 26.3. The Kier molecular flexibility index (Phi) is 8.16. The summed E-state index contributed by atoms with van der Waals surface area (Å²) in [6, 6.07) is 19.0. The van der Waals surface area contributed by atoms with E-state index in [9.17, 15) is 18.0 Å². The summed E-state index contributed by atoms with van der Waals surface area (Å²) in [5, 5.41) is 6.63. The van der Waals surface area contributed by atoms with E-state index in [4.69, 9.17) is 13.9 Å². The smallest absolute Gasteiger partial charge is 0.321 e. The first-order valence-corrected chi connectivity index (χ1v) is 12.8. The minimum absolute atomic E-state index is 0.396. The largest absolute Gasteiger partial charge is 0.497 e. The SMILES string of the molecule is COc1ccc(C2=NN(C(=O)COC(=O)CNS(=O)(=O)/C=C/c3ccccc3)[C@H](c3ccco3)C2)cc1. The summed E-state index contributed by atoms with van der Waals surface area (Å²) in [7, 11) is -2.31. The van der Waals surface area contributed by atoms with Crippen molar-refractivity contribution in [3.05, 3.63) is 95.3 Å². The summed E-state index contributed by atoms with van der Waals surface area (Å²) < 4.78 is 42.1. The average Bonchev–Trinajstić information content (AvgIpc) is 3.61. The third-order valence-electron chi connectivity index (χ3n) is 5.47. The van der Waals surface area contributed by atoms with Crippen LogP contribution in [0.5, 0.6) is 5.75 Å². The van der Waals surface area contributed by atoms with E-state index in [0.717, 1.165) is 11.0 Å². The Hall–Kier alpha value is -4.22. The fourth-order valence-corrected chi connectivity index (χ4v) is 4.35. The lowest BCUT2D eigenvalue weighted by Crippen LogP contribution is -2.34. The van der Waals surface area contributed by atoms with E-state index in [-0.39, 0.29) is 0 Å². The second kappa shape index (κ2) is 11.7. The molecule has 0 unspecified atom stereocenters. The number of rotatable bonds is 10. The van der Waals surface area contributed by atoms with E-state index in [1.54, 1.807) is 55.6 Å². The first-order valence-electron chi connectivity index (χ1n) is 11.3. The van der Waals surface area contributed by atoms with Gasteiger partial charge >= 0.3 is 5.97 Å². The summed E-state index contributed by atoms with van der Waals surface area (Å²) in [6.07, 6.45) is 3.30. The Morgan fingerprint density at radius 2 is 1.86 bits per heavy atom. The number of sulfonamides is 1. The standard InChI is InChI=1S/C26H25N3O7S/c1-34-21-11-9-20(10-12-21)22-16-23(24-8-5-14-35-24)29(28-22)25(30)18-36-26(31)17-27-37(32,33)15-13-19-6-3-2-4-7-19/h2-15,23,27H,16-18H2,1H3/b15-13+/t23-/m0/s1. The van der Waals surface area contributed by atoms with Crippen LogP contribution < -0.4 is 9.46 Å². The highest BCUT2D eigenvalue weighted by Gasteiger charge is 2.35. The van der Waals surface area contributed by atoms with Gasteiger partial charge < -0.3 is 13.9 Å². The molecule has 1 N–H and O–H groups in total. The van der Waals surface area contributed by atoms with Crippen LogP contribution >= 0.6 is 0 Å². The molecule has 1 aliphatic heterocycles.